The molecular formula is C11H18N2O. The molecule has 3 heteroatoms. The van der Waals surface area contributed by atoms with Gasteiger partial charge in [-0.25, -0.2) is 0 Å². The normalized spacial score (nSPS) is 10.1. The Hall–Kier alpha value is -1.06. The molecule has 0 aromatic heterocycles. The molecule has 1 rings (SSSR count). The summed E-state index contributed by atoms with van der Waals surface area (Å²) in [7, 11) is 0. The van der Waals surface area contributed by atoms with Crippen molar-refractivity contribution in [2.45, 2.75) is 26.4 Å². The third-order valence-corrected chi connectivity index (χ3v) is 2.07. The van der Waals surface area contributed by atoms with Crippen molar-refractivity contribution in [2.75, 3.05) is 12.0 Å². The maximum Gasteiger partial charge on any atom is 0.0737 e. The highest BCUT2D eigenvalue weighted by Gasteiger charge is 1.98. The second-order valence-corrected chi connectivity index (χ2v) is 3.21. The van der Waals surface area contributed by atoms with Crippen LogP contribution in [0.25, 0.3) is 0 Å². The third-order valence-electron chi connectivity index (χ3n) is 2.07. The zero-order valence-electron chi connectivity index (χ0n) is 8.62. The Bertz CT molecular complexity index is 263. The van der Waals surface area contributed by atoms with Gasteiger partial charge in [-0.05, 0) is 12.5 Å². The van der Waals surface area contributed by atoms with Crippen molar-refractivity contribution < 1.29 is 4.74 Å². The van der Waals surface area contributed by atoms with Crippen LogP contribution >= 0.6 is 0 Å². The van der Waals surface area contributed by atoms with E-state index in [0.717, 1.165) is 30.7 Å². The molecule has 0 unspecified atom stereocenters. The summed E-state index contributed by atoms with van der Waals surface area (Å²) in [5.41, 5.74) is 4.69. The molecule has 0 amide bonds. The van der Waals surface area contributed by atoms with Gasteiger partial charge in [0.05, 0.1) is 12.3 Å². The number of anilines is 1. The predicted octanol–water partition coefficient (Wildman–Crippen LogP) is 2.29. The van der Waals surface area contributed by atoms with E-state index in [9.17, 15) is 0 Å². The Labute approximate surface area is 85.2 Å². The first kappa shape index (κ1) is 11.0. The van der Waals surface area contributed by atoms with Crippen LogP contribution in [0.5, 0.6) is 0 Å². The van der Waals surface area contributed by atoms with Crippen LogP contribution in [0.1, 0.15) is 25.3 Å². The number of nitrogens with two attached hydrogens (primary N) is 1. The topological polar surface area (TPSA) is 47.3 Å². The Balaban J connectivity index is 2.41. The van der Waals surface area contributed by atoms with Crippen molar-refractivity contribution in [3.05, 3.63) is 29.8 Å². The van der Waals surface area contributed by atoms with E-state index in [1.807, 2.05) is 24.3 Å². The lowest BCUT2D eigenvalue weighted by Crippen LogP contribution is -2.09. The number of rotatable bonds is 6. The zero-order valence-corrected chi connectivity index (χ0v) is 8.62. The molecule has 0 fully saturated rings. The first-order valence-electron chi connectivity index (χ1n) is 5.00. The lowest BCUT2D eigenvalue weighted by molar-refractivity contribution is 0.118. The highest BCUT2D eigenvalue weighted by Crippen LogP contribution is 2.14. The largest absolute Gasteiger partial charge is 0.377 e. The summed E-state index contributed by atoms with van der Waals surface area (Å²) in [6.07, 6.45) is 2.27. The number of hydrogen-bond acceptors (Lipinski definition) is 3. The maximum absolute atomic E-state index is 5.51. The molecule has 0 aliphatic rings. The average molecular weight is 194 g/mol. The van der Waals surface area contributed by atoms with E-state index in [1.165, 1.54) is 0 Å². The van der Waals surface area contributed by atoms with Gasteiger partial charge in [0, 0.05) is 12.2 Å². The lowest BCUT2D eigenvalue weighted by Gasteiger charge is -2.08. The van der Waals surface area contributed by atoms with Gasteiger partial charge in [0.1, 0.15) is 0 Å². The van der Waals surface area contributed by atoms with Gasteiger partial charge in [-0.15, -0.1) is 0 Å². The second-order valence-electron chi connectivity index (χ2n) is 3.21. The van der Waals surface area contributed by atoms with E-state index < -0.39 is 0 Å². The third kappa shape index (κ3) is 3.36. The van der Waals surface area contributed by atoms with Gasteiger partial charge in [-0.2, -0.15) is 0 Å². The number of benzene rings is 1. The Kier molecular flexibility index (Phi) is 5.04. The fourth-order valence-electron chi connectivity index (χ4n) is 1.22. The molecule has 0 atom stereocenters. The van der Waals surface area contributed by atoms with E-state index in [0.29, 0.717) is 6.61 Å². The number of ether oxygens (including phenoxy) is 1. The molecule has 14 heavy (non-hydrogen) atoms. The molecule has 1 aromatic rings. The molecule has 0 spiro atoms. The van der Waals surface area contributed by atoms with Crippen LogP contribution in [0.3, 0.4) is 0 Å². The number of hydrazine groups is 1. The summed E-state index contributed by atoms with van der Waals surface area (Å²) < 4.78 is 5.51. The smallest absolute Gasteiger partial charge is 0.0737 e. The minimum atomic E-state index is 0.625. The van der Waals surface area contributed by atoms with Crippen molar-refractivity contribution in [1.82, 2.24) is 0 Å². The molecule has 78 valence electrons. The van der Waals surface area contributed by atoms with Crippen molar-refractivity contribution in [2.24, 2.45) is 5.84 Å². The first-order chi connectivity index (χ1) is 6.88. The summed E-state index contributed by atoms with van der Waals surface area (Å²) >= 11 is 0. The van der Waals surface area contributed by atoms with Gasteiger partial charge in [0.2, 0.25) is 0 Å². The SMILES string of the molecule is CCCCOCc1ccccc1NN. The van der Waals surface area contributed by atoms with Crippen molar-refractivity contribution in [1.29, 1.82) is 0 Å². The summed E-state index contributed by atoms with van der Waals surface area (Å²) in [4.78, 5) is 0. The van der Waals surface area contributed by atoms with Gasteiger partial charge in [0.25, 0.3) is 0 Å². The molecule has 0 saturated heterocycles. The number of nitrogens with one attached hydrogen (secondary N) is 1. The van der Waals surface area contributed by atoms with E-state index in [1.54, 1.807) is 0 Å². The van der Waals surface area contributed by atoms with Crippen molar-refractivity contribution >= 4 is 5.69 Å². The quantitative estimate of drug-likeness (QED) is 0.415. The van der Waals surface area contributed by atoms with Crippen molar-refractivity contribution in [3.8, 4) is 0 Å². The number of unbranched alkanes of at least 4 members (excludes halogenated alkanes) is 1. The van der Waals surface area contributed by atoms with Crippen LogP contribution in [-0.4, -0.2) is 6.61 Å². The van der Waals surface area contributed by atoms with E-state index in [4.69, 9.17) is 10.6 Å². The Morgan fingerprint density at radius 1 is 1.36 bits per heavy atom. The van der Waals surface area contributed by atoms with Gasteiger partial charge in [-0.3, -0.25) is 5.84 Å². The van der Waals surface area contributed by atoms with Crippen LogP contribution in [0.4, 0.5) is 5.69 Å². The molecule has 0 bridgehead atoms. The van der Waals surface area contributed by atoms with Crippen LogP contribution in [0.15, 0.2) is 24.3 Å². The number of hydrogen-bond donors (Lipinski definition) is 2. The highest BCUT2D eigenvalue weighted by atomic mass is 16.5. The molecule has 0 aliphatic carbocycles. The molecule has 0 saturated carbocycles. The Morgan fingerprint density at radius 3 is 2.86 bits per heavy atom. The van der Waals surface area contributed by atoms with Crippen LogP contribution in [0, 0.1) is 0 Å². The highest BCUT2D eigenvalue weighted by molar-refractivity contribution is 5.49. The first-order valence-corrected chi connectivity index (χ1v) is 5.00. The van der Waals surface area contributed by atoms with Gasteiger partial charge >= 0.3 is 0 Å². The number of nitrogen functional groups attached to an aromatic ring is 1. The summed E-state index contributed by atoms with van der Waals surface area (Å²) in [5.74, 6) is 5.38. The van der Waals surface area contributed by atoms with Gasteiger partial charge in [0.15, 0.2) is 0 Å². The summed E-state index contributed by atoms with van der Waals surface area (Å²) in [6.45, 7) is 3.59. The second kappa shape index (κ2) is 6.40. The van der Waals surface area contributed by atoms with Crippen LogP contribution < -0.4 is 11.3 Å². The summed E-state index contributed by atoms with van der Waals surface area (Å²) in [5, 5.41) is 0. The van der Waals surface area contributed by atoms with E-state index >= 15 is 0 Å². The van der Waals surface area contributed by atoms with Crippen LogP contribution in [0.2, 0.25) is 0 Å². The number of para-hydroxylation sites is 1. The molecule has 0 aliphatic heterocycles. The van der Waals surface area contributed by atoms with E-state index in [-0.39, 0.29) is 0 Å². The fraction of sp³-hybridized carbons (Fsp3) is 0.455. The molecular weight excluding hydrogens is 176 g/mol. The lowest BCUT2D eigenvalue weighted by atomic mass is 10.2. The zero-order chi connectivity index (χ0) is 10.2. The fourth-order valence-corrected chi connectivity index (χ4v) is 1.22. The molecule has 1 aromatic carbocycles. The van der Waals surface area contributed by atoms with Gasteiger partial charge < -0.3 is 10.2 Å². The maximum atomic E-state index is 5.51. The average Bonchev–Trinajstić information content (AvgIpc) is 2.25. The molecule has 0 radical (unpaired) electrons. The monoisotopic (exact) mass is 194 g/mol. The summed E-state index contributed by atoms with van der Waals surface area (Å²) in [6, 6.07) is 7.89. The molecule has 0 heterocycles. The van der Waals surface area contributed by atoms with E-state index in [2.05, 4.69) is 12.3 Å². The minimum Gasteiger partial charge on any atom is -0.377 e. The Morgan fingerprint density at radius 2 is 2.14 bits per heavy atom. The molecule has 3 N–H and O–H groups in total. The predicted molar refractivity (Wildman–Crippen MR) is 58.8 cm³/mol. The van der Waals surface area contributed by atoms with Crippen LogP contribution in [-0.2, 0) is 11.3 Å². The standard InChI is InChI=1S/C11H18N2O/c1-2-3-8-14-9-10-6-4-5-7-11(10)13-12/h4-7,13H,2-3,8-9,12H2,1H3. The molecule has 3 nitrogen and oxygen atoms in total. The minimum absolute atomic E-state index is 0.625. The van der Waals surface area contributed by atoms with Crippen molar-refractivity contribution in [3.63, 3.8) is 0 Å². The van der Waals surface area contributed by atoms with Gasteiger partial charge in [-0.1, -0.05) is 31.5 Å².